The number of nitrogens with zero attached hydrogens (tertiary/aromatic N) is 4. The number of esters is 1. The van der Waals surface area contributed by atoms with Gasteiger partial charge in [-0.05, 0) is 31.7 Å². The Bertz CT molecular complexity index is 1070. The van der Waals surface area contributed by atoms with Crippen LogP contribution in [0.3, 0.4) is 0 Å². The zero-order valence-corrected chi connectivity index (χ0v) is 21.1. The number of hydrogen-bond acceptors (Lipinski definition) is 8. The standard InChI is InChI=1S/C27H36N4O4/c1-5-13-31(20-9-7-6-8-10-20)18-25-28-22-17-24(34-3)23(33-2)16-21(22)26(29-25)30-14-11-19(12-15-30)27(32)35-4/h1,16-17,19-20H,6-15,18H2,2-4H3. The summed E-state index contributed by atoms with van der Waals surface area (Å²) < 4.78 is 16.1. The number of terminal acetylenes is 1. The first kappa shape index (κ1) is 25.1. The van der Waals surface area contributed by atoms with Crippen LogP contribution in [0.1, 0.15) is 50.8 Å². The van der Waals surface area contributed by atoms with Gasteiger partial charge in [0.2, 0.25) is 0 Å². The number of methoxy groups -OCH3 is 3. The van der Waals surface area contributed by atoms with Crippen LogP contribution in [0.2, 0.25) is 0 Å². The monoisotopic (exact) mass is 480 g/mol. The number of hydrogen-bond donors (Lipinski definition) is 0. The highest BCUT2D eigenvalue weighted by Crippen LogP contribution is 2.36. The number of anilines is 1. The maximum atomic E-state index is 12.0. The van der Waals surface area contributed by atoms with E-state index < -0.39 is 0 Å². The SMILES string of the molecule is C#CCN(Cc1nc(N2CCC(C(=O)OC)CC2)c2cc(OC)c(OC)cc2n1)C1CCCCC1. The molecule has 1 aromatic carbocycles. The number of carbonyl (C=O) groups excluding carboxylic acids is 1. The van der Waals surface area contributed by atoms with E-state index >= 15 is 0 Å². The van der Waals surface area contributed by atoms with E-state index in [0.717, 1.165) is 61.3 Å². The molecule has 2 fully saturated rings. The van der Waals surface area contributed by atoms with E-state index in [0.29, 0.717) is 30.6 Å². The van der Waals surface area contributed by atoms with Crippen molar-refractivity contribution in [3.05, 3.63) is 18.0 Å². The Morgan fingerprint density at radius 3 is 2.37 bits per heavy atom. The van der Waals surface area contributed by atoms with E-state index in [1.165, 1.54) is 26.4 Å². The van der Waals surface area contributed by atoms with E-state index in [9.17, 15) is 4.79 Å². The molecule has 35 heavy (non-hydrogen) atoms. The second kappa shape index (κ2) is 11.6. The van der Waals surface area contributed by atoms with Crippen molar-refractivity contribution in [1.29, 1.82) is 0 Å². The minimum absolute atomic E-state index is 0.0733. The lowest BCUT2D eigenvalue weighted by Crippen LogP contribution is -2.38. The van der Waals surface area contributed by atoms with E-state index in [2.05, 4.69) is 15.7 Å². The molecular formula is C27H36N4O4. The normalized spacial score (nSPS) is 17.4. The molecule has 0 unspecified atom stereocenters. The molecule has 1 aliphatic carbocycles. The predicted octanol–water partition coefficient (Wildman–Crippen LogP) is 3.80. The lowest BCUT2D eigenvalue weighted by atomic mass is 9.94. The summed E-state index contributed by atoms with van der Waals surface area (Å²) in [5.41, 5.74) is 0.807. The Balaban J connectivity index is 1.70. The van der Waals surface area contributed by atoms with Crippen molar-refractivity contribution in [2.75, 3.05) is 45.9 Å². The maximum Gasteiger partial charge on any atom is 0.308 e. The van der Waals surface area contributed by atoms with Crippen LogP contribution in [0.5, 0.6) is 11.5 Å². The predicted molar refractivity (Wildman–Crippen MR) is 136 cm³/mol. The molecule has 0 spiro atoms. The summed E-state index contributed by atoms with van der Waals surface area (Å²) >= 11 is 0. The summed E-state index contributed by atoms with van der Waals surface area (Å²) in [6.07, 6.45) is 13.3. The fourth-order valence-corrected chi connectivity index (χ4v) is 5.35. The van der Waals surface area contributed by atoms with Crippen LogP contribution in [0.25, 0.3) is 10.9 Å². The van der Waals surface area contributed by atoms with Crippen molar-refractivity contribution in [3.8, 4) is 23.8 Å². The summed E-state index contributed by atoms with van der Waals surface area (Å²) in [5, 5.41) is 0.907. The van der Waals surface area contributed by atoms with Crippen molar-refractivity contribution in [3.63, 3.8) is 0 Å². The third kappa shape index (κ3) is 5.62. The van der Waals surface area contributed by atoms with Crippen LogP contribution >= 0.6 is 0 Å². The lowest BCUT2D eigenvalue weighted by molar-refractivity contribution is -0.146. The first-order valence-electron chi connectivity index (χ1n) is 12.5. The van der Waals surface area contributed by atoms with Gasteiger partial charge in [0.1, 0.15) is 11.6 Å². The molecule has 4 rings (SSSR count). The minimum atomic E-state index is -0.137. The molecule has 188 valence electrons. The fraction of sp³-hybridized carbons (Fsp3) is 0.593. The summed E-state index contributed by atoms with van der Waals surface area (Å²) in [5.74, 6) is 5.50. The molecule has 1 aromatic heterocycles. The van der Waals surface area contributed by atoms with Crippen LogP contribution in [-0.4, -0.2) is 67.8 Å². The molecule has 1 saturated heterocycles. The average Bonchev–Trinajstić information content (AvgIpc) is 2.91. The zero-order valence-electron chi connectivity index (χ0n) is 21.1. The van der Waals surface area contributed by atoms with Gasteiger partial charge in [0.15, 0.2) is 11.5 Å². The number of carbonyl (C=O) groups is 1. The van der Waals surface area contributed by atoms with Crippen molar-refractivity contribution in [2.24, 2.45) is 5.92 Å². The smallest absolute Gasteiger partial charge is 0.308 e. The first-order valence-corrected chi connectivity index (χ1v) is 12.5. The van der Waals surface area contributed by atoms with E-state index in [-0.39, 0.29) is 11.9 Å². The largest absolute Gasteiger partial charge is 0.493 e. The number of aromatic nitrogens is 2. The topological polar surface area (TPSA) is 77.0 Å². The van der Waals surface area contributed by atoms with Gasteiger partial charge in [0.05, 0.1) is 45.9 Å². The minimum Gasteiger partial charge on any atom is -0.493 e. The highest BCUT2D eigenvalue weighted by molar-refractivity contribution is 5.92. The van der Waals surface area contributed by atoms with Gasteiger partial charge in [0, 0.05) is 30.6 Å². The molecule has 2 aliphatic rings. The van der Waals surface area contributed by atoms with E-state index in [4.69, 9.17) is 30.6 Å². The molecule has 0 atom stereocenters. The quantitative estimate of drug-likeness (QED) is 0.417. The molecule has 0 N–H and O–H groups in total. The van der Waals surface area contributed by atoms with E-state index in [1.807, 2.05) is 12.1 Å². The molecule has 8 nitrogen and oxygen atoms in total. The van der Waals surface area contributed by atoms with Crippen molar-refractivity contribution in [1.82, 2.24) is 14.9 Å². The maximum absolute atomic E-state index is 12.0. The van der Waals surface area contributed by atoms with Crippen LogP contribution in [0, 0.1) is 18.3 Å². The molecule has 2 aromatic rings. The summed E-state index contributed by atoms with van der Waals surface area (Å²) in [4.78, 5) is 26.6. The third-order valence-corrected chi connectivity index (χ3v) is 7.29. The molecule has 1 saturated carbocycles. The third-order valence-electron chi connectivity index (χ3n) is 7.29. The summed E-state index contributed by atoms with van der Waals surface area (Å²) in [7, 11) is 4.71. The van der Waals surface area contributed by atoms with Gasteiger partial charge >= 0.3 is 5.97 Å². The highest BCUT2D eigenvalue weighted by Gasteiger charge is 2.28. The Hall–Kier alpha value is -3.05. The molecular weight excluding hydrogens is 444 g/mol. The second-order valence-corrected chi connectivity index (χ2v) is 9.37. The van der Waals surface area contributed by atoms with Crippen molar-refractivity contribution >= 4 is 22.7 Å². The van der Waals surface area contributed by atoms with Gasteiger partial charge < -0.3 is 19.1 Å². The highest BCUT2D eigenvalue weighted by atomic mass is 16.5. The van der Waals surface area contributed by atoms with Crippen LogP contribution in [-0.2, 0) is 16.1 Å². The number of benzene rings is 1. The Morgan fingerprint density at radius 1 is 1.06 bits per heavy atom. The number of fused-ring (bicyclic) bond motifs is 1. The van der Waals surface area contributed by atoms with Gasteiger partial charge in [0.25, 0.3) is 0 Å². The van der Waals surface area contributed by atoms with Gasteiger partial charge in [-0.25, -0.2) is 9.97 Å². The van der Waals surface area contributed by atoms with Gasteiger partial charge in [-0.1, -0.05) is 25.2 Å². The van der Waals surface area contributed by atoms with Crippen molar-refractivity contribution in [2.45, 2.75) is 57.5 Å². The van der Waals surface area contributed by atoms with E-state index in [1.54, 1.807) is 14.2 Å². The Morgan fingerprint density at radius 2 is 1.74 bits per heavy atom. The van der Waals surface area contributed by atoms with Crippen LogP contribution in [0.4, 0.5) is 5.82 Å². The van der Waals surface area contributed by atoms with Crippen molar-refractivity contribution < 1.29 is 19.0 Å². The fourth-order valence-electron chi connectivity index (χ4n) is 5.35. The molecule has 0 radical (unpaired) electrons. The van der Waals surface area contributed by atoms with Crippen LogP contribution < -0.4 is 14.4 Å². The molecule has 0 bridgehead atoms. The summed E-state index contributed by atoms with van der Waals surface area (Å²) in [6, 6.07) is 4.32. The molecule has 8 heteroatoms. The van der Waals surface area contributed by atoms with Crippen LogP contribution in [0.15, 0.2) is 12.1 Å². The number of rotatable bonds is 8. The average molecular weight is 481 g/mol. The molecule has 1 aliphatic heterocycles. The first-order chi connectivity index (χ1) is 17.1. The zero-order chi connectivity index (χ0) is 24.8. The number of ether oxygens (including phenoxy) is 3. The van der Waals surface area contributed by atoms with Gasteiger partial charge in [-0.2, -0.15) is 0 Å². The summed E-state index contributed by atoms with van der Waals surface area (Å²) in [6.45, 7) is 2.62. The van der Waals surface area contributed by atoms with Gasteiger partial charge in [-0.3, -0.25) is 9.69 Å². The molecule has 0 amide bonds. The van der Waals surface area contributed by atoms with Gasteiger partial charge in [-0.15, -0.1) is 6.42 Å². The lowest BCUT2D eigenvalue weighted by Gasteiger charge is -2.34. The molecule has 2 heterocycles. The second-order valence-electron chi connectivity index (χ2n) is 9.37. The Labute approximate surface area is 207 Å². The Kier molecular flexibility index (Phi) is 8.29. The number of piperidine rings is 1.